The van der Waals surface area contributed by atoms with Crippen molar-refractivity contribution < 1.29 is 23.6 Å². The minimum Gasteiger partial charge on any atom is -0.417 e. The molecule has 1 atom stereocenters. The van der Waals surface area contributed by atoms with Gasteiger partial charge < -0.3 is 10.1 Å². The smallest absolute Gasteiger partial charge is 0.334 e. The Morgan fingerprint density at radius 1 is 1.17 bits per heavy atom. The van der Waals surface area contributed by atoms with Gasteiger partial charge in [0.05, 0.1) is 4.92 Å². The van der Waals surface area contributed by atoms with Gasteiger partial charge in [-0.25, -0.2) is 9.18 Å². The number of amides is 1. The lowest BCUT2D eigenvalue weighted by Crippen LogP contribution is -2.57. The molecule has 1 aromatic rings. The van der Waals surface area contributed by atoms with Gasteiger partial charge in [0, 0.05) is 17.5 Å². The van der Waals surface area contributed by atoms with Gasteiger partial charge >= 0.3 is 11.7 Å². The van der Waals surface area contributed by atoms with E-state index in [1.165, 1.54) is 19.3 Å². The molecule has 30 heavy (non-hydrogen) atoms. The summed E-state index contributed by atoms with van der Waals surface area (Å²) >= 11 is 0. The number of benzene rings is 1. The van der Waals surface area contributed by atoms with Crippen LogP contribution < -0.4 is 10.1 Å². The summed E-state index contributed by atoms with van der Waals surface area (Å²) in [4.78, 5) is 36.6. The second-order valence-corrected chi connectivity index (χ2v) is 9.68. The SMILES string of the molecule is CC(C)C(NC(=O)C12CC3CC(CC(C3)C1)C2)C(=O)Oc1cc(F)ccc1[N+](=O)[O-]. The lowest BCUT2D eigenvalue weighted by atomic mass is 9.49. The van der Waals surface area contributed by atoms with Crippen molar-refractivity contribution in [2.75, 3.05) is 0 Å². The number of carbonyl (C=O) groups is 2. The van der Waals surface area contributed by atoms with Gasteiger partial charge in [-0.05, 0) is 68.3 Å². The fourth-order valence-electron chi connectivity index (χ4n) is 6.07. The number of nitrogens with one attached hydrogen (secondary N) is 1. The Bertz CT molecular complexity index is 849. The normalized spacial score (nSPS) is 30.2. The van der Waals surface area contributed by atoms with E-state index < -0.39 is 39.6 Å². The summed E-state index contributed by atoms with van der Waals surface area (Å²) in [6.45, 7) is 3.54. The average Bonchev–Trinajstić information content (AvgIpc) is 2.64. The van der Waals surface area contributed by atoms with Crippen LogP contribution in [0.3, 0.4) is 0 Å². The van der Waals surface area contributed by atoms with Crippen molar-refractivity contribution >= 4 is 17.6 Å². The zero-order valence-corrected chi connectivity index (χ0v) is 17.2. The molecule has 0 saturated heterocycles. The topological polar surface area (TPSA) is 98.5 Å². The number of rotatable bonds is 6. The fourth-order valence-corrected chi connectivity index (χ4v) is 6.07. The van der Waals surface area contributed by atoms with Crippen LogP contribution in [0.5, 0.6) is 5.75 Å². The van der Waals surface area contributed by atoms with Gasteiger partial charge in [-0.2, -0.15) is 0 Å². The van der Waals surface area contributed by atoms with Crippen LogP contribution in [0.2, 0.25) is 0 Å². The van der Waals surface area contributed by atoms with Gasteiger partial charge in [-0.3, -0.25) is 14.9 Å². The van der Waals surface area contributed by atoms with Gasteiger partial charge in [0.2, 0.25) is 11.7 Å². The van der Waals surface area contributed by atoms with Gasteiger partial charge in [0.1, 0.15) is 11.9 Å². The summed E-state index contributed by atoms with van der Waals surface area (Å²) in [5, 5.41) is 14.1. The number of ether oxygens (including phenoxy) is 1. The molecule has 162 valence electrons. The molecule has 0 aliphatic heterocycles. The lowest BCUT2D eigenvalue weighted by Gasteiger charge is -2.55. The first-order chi connectivity index (χ1) is 14.2. The zero-order chi connectivity index (χ0) is 21.6. The summed E-state index contributed by atoms with van der Waals surface area (Å²) < 4.78 is 18.8. The van der Waals surface area contributed by atoms with E-state index in [1.807, 2.05) is 0 Å². The van der Waals surface area contributed by atoms with Crippen molar-refractivity contribution in [2.45, 2.75) is 58.4 Å². The second kappa shape index (κ2) is 7.63. The summed E-state index contributed by atoms with van der Waals surface area (Å²) in [5.74, 6) is -0.684. The third-order valence-electron chi connectivity index (χ3n) is 7.06. The summed E-state index contributed by atoms with van der Waals surface area (Å²) in [6.07, 6.45) is 6.18. The highest BCUT2D eigenvalue weighted by atomic mass is 19.1. The van der Waals surface area contributed by atoms with E-state index in [4.69, 9.17) is 4.74 Å². The summed E-state index contributed by atoms with van der Waals surface area (Å²) in [7, 11) is 0. The second-order valence-electron chi connectivity index (χ2n) is 9.68. The minimum absolute atomic E-state index is 0.119. The number of nitro benzene ring substituents is 1. The fraction of sp³-hybridized carbons (Fsp3) is 0.636. The molecule has 4 fully saturated rings. The van der Waals surface area contributed by atoms with Crippen molar-refractivity contribution in [1.82, 2.24) is 5.32 Å². The minimum atomic E-state index is -0.964. The van der Waals surface area contributed by atoms with Gasteiger partial charge in [0.25, 0.3) is 0 Å². The quantitative estimate of drug-likeness (QED) is 0.326. The van der Waals surface area contributed by atoms with Crippen LogP contribution in [-0.2, 0) is 9.59 Å². The van der Waals surface area contributed by atoms with Crippen molar-refractivity contribution in [3.63, 3.8) is 0 Å². The van der Waals surface area contributed by atoms with Crippen molar-refractivity contribution in [2.24, 2.45) is 29.1 Å². The Hall–Kier alpha value is -2.51. The molecule has 0 aromatic heterocycles. The molecule has 0 heterocycles. The van der Waals surface area contributed by atoms with E-state index in [1.54, 1.807) is 13.8 Å². The van der Waals surface area contributed by atoms with Crippen LogP contribution in [0, 0.1) is 45.0 Å². The van der Waals surface area contributed by atoms with E-state index >= 15 is 0 Å². The Kier molecular flexibility index (Phi) is 5.28. The molecule has 4 saturated carbocycles. The van der Waals surface area contributed by atoms with E-state index in [0.717, 1.165) is 37.5 Å². The maximum Gasteiger partial charge on any atom is 0.334 e. The number of nitrogens with zero attached hydrogens (tertiary/aromatic N) is 1. The third-order valence-corrected chi connectivity index (χ3v) is 7.06. The Morgan fingerprint density at radius 3 is 2.23 bits per heavy atom. The van der Waals surface area contributed by atoms with Crippen LogP contribution in [-0.4, -0.2) is 22.8 Å². The molecule has 0 radical (unpaired) electrons. The Labute approximate surface area is 174 Å². The van der Waals surface area contributed by atoms with Gasteiger partial charge in [0.15, 0.2) is 0 Å². The molecule has 0 spiro atoms. The predicted molar refractivity (Wildman–Crippen MR) is 106 cm³/mol. The molecule has 4 bridgehead atoms. The molecule has 1 amide bonds. The Balaban J connectivity index is 1.51. The van der Waals surface area contributed by atoms with E-state index in [-0.39, 0.29) is 11.8 Å². The van der Waals surface area contributed by atoms with Crippen LogP contribution in [0.15, 0.2) is 18.2 Å². The third kappa shape index (κ3) is 3.79. The first kappa shape index (κ1) is 20.8. The molecule has 1 N–H and O–H groups in total. The average molecular weight is 418 g/mol. The van der Waals surface area contributed by atoms with Crippen LogP contribution >= 0.6 is 0 Å². The zero-order valence-electron chi connectivity index (χ0n) is 17.2. The van der Waals surface area contributed by atoms with Crippen LogP contribution in [0.1, 0.15) is 52.4 Å². The molecule has 1 unspecified atom stereocenters. The number of hydrogen-bond acceptors (Lipinski definition) is 5. The maximum atomic E-state index is 13.6. The number of carbonyl (C=O) groups excluding carboxylic acids is 2. The van der Waals surface area contributed by atoms with E-state index in [0.29, 0.717) is 17.8 Å². The number of nitro groups is 1. The molecule has 1 aromatic carbocycles. The number of esters is 1. The van der Waals surface area contributed by atoms with Crippen molar-refractivity contribution in [3.8, 4) is 5.75 Å². The van der Waals surface area contributed by atoms with Crippen LogP contribution in [0.25, 0.3) is 0 Å². The monoisotopic (exact) mass is 418 g/mol. The van der Waals surface area contributed by atoms with Gasteiger partial charge in [-0.15, -0.1) is 0 Å². The highest BCUT2D eigenvalue weighted by Crippen LogP contribution is 2.60. The molecule has 8 heteroatoms. The van der Waals surface area contributed by atoms with Crippen LogP contribution in [0.4, 0.5) is 10.1 Å². The molecule has 4 aliphatic carbocycles. The predicted octanol–water partition coefficient (Wildman–Crippen LogP) is 4.00. The standard InChI is InChI=1S/C22H27FN2O5/c1-12(2)19(20(26)30-18-8-16(23)3-4-17(18)25(28)29)24-21(27)22-9-13-5-14(10-22)7-15(6-13)11-22/h3-4,8,12-15,19H,5-7,9-11H2,1-2H3,(H,24,27). The number of halogens is 1. The lowest BCUT2D eigenvalue weighted by molar-refractivity contribution is -0.385. The highest BCUT2D eigenvalue weighted by molar-refractivity contribution is 5.89. The van der Waals surface area contributed by atoms with E-state index in [9.17, 15) is 24.1 Å². The largest absolute Gasteiger partial charge is 0.417 e. The molecular weight excluding hydrogens is 391 g/mol. The molecule has 7 nitrogen and oxygen atoms in total. The van der Waals surface area contributed by atoms with Gasteiger partial charge in [-0.1, -0.05) is 13.8 Å². The van der Waals surface area contributed by atoms with E-state index in [2.05, 4.69) is 5.32 Å². The molecule has 4 aliphatic rings. The molecule has 5 rings (SSSR count). The number of hydrogen-bond donors (Lipinski definition) is 1. The first-order valence-corrected chi connectivity index (χ1v) is 10.6. The highest BCUT2D eigenvalue weighted by Gasteiger charge is 2.55. The molecular formula is C22H27FN2O5. The Morgan fingerprint density at radius 2 is 1.73 bits per heavy atom. The maximum absolute atomic E-state index is 13.6. The first-order valence-electron chi connectivity index (χ1n) is 10.6. The van der Waals surface area contributed by atoms with Crippen molar-refractivity contribution in [1.29, 1.82) is 0 Å². The van der Waals surface area contributed by atoms with Crippen molar-refractivity contribution in [3.05, 3.63) is 34.1 Å². The summed E-state index contributed by atoms with van der Waals surface area (Å²) in [5.41, 5.74) is -0.924. The summed E-state index contributed by atoms with van der Waals surface area (Å²) in [6, 6.07) is 1.74.